The van der Waals surface area contributed by atoms with E-state index >= 15 is 0 Å². The summed E-state index contributed by atoms with van der Waals surface area (Å²) < 4.78 is 1.61. The lowest BCUT2D eigenvalue weighted by Gasteiger charge is -2.07. The number of nitrogens with one attached hydrogen (secondary N) is 2. The molecule has 142 valence electrons. The number of hydrogen-bond donors (Lipinski definition) is 2. The van der Waals surface area contributed by atoms with E-state index in [0.29, 0.717) is 16.4 Å². The Morgan fingerprint density at radius 3 is 2.64 bits per heavy atom. The number of para-hydroxylation sites is 3. The highest BCUT2D eigenvalue weighted by molar-refractivity contribution is 7.80. The van der Waals surface area contributed by atoms with Gasteiger partial charge in [-0.15, -0.1) is 0 Å². The minimum absolute atomic E-state index is 0.0846. The zero-order valence-electron chi connectivity index (χ0n) is 14.7. The van der Waals surface area contributed by atoms with E-state index in [1.807, 2.05) is 37.3 Å². The molecule has 0 unspecified atom stereocenters. The summed E-state index contributed by atoms with van der Waals surface area (Å²) in [5.74, 6) is 0. The number of aryl methyl sites for hydroxylation is 1. The summed E-state index contributed by atoms with van der Waals surface area (Å²) in [6, 6.07) is 15.7. The lowest BCUT2D eigenvalue weighted by atomic mass is 10.3. The monoisotopic (exact) mass is 414 g/mol. The summed E-state index contributed by atoms with van der Waals surface area (Å²) in [5, 5.41) is 22.8. The first kappa shape index (κ1) is 19.5. The van der Waals surface area contributed by atoms with Crippen LogP contribution in [0.4, 0.5) is 11.4 Å². The second kappa shape index (κ2) is 8.59. The first-order valence-electron chi connectivity index (χ1n) is 8.11. The number of hydrogen-bond acceptors (Lipinski definition) is 5. The molecule has 0 atom stereocenters. The second-order valence-corrected chi connectivity index (χ2v) is 6.40. The van der Waals surface area contributed by atoms with Crippen molar-refractivity contribution in [3.05, 3.63) is 81.1 Å². The molecular formula is C18H15ClN6O2S. The van der Waals surface area contributed by atoms with Crippen LogP contribution in [-0.4, -0.2) is 26.0 Å². The largest absolute Gasteiger partial charge is 0.326 e. The fourth-order valence-electron chi connectivity index (χ4n) is 2.44. The molecule has 3 rings (SSSR count). The first-order chi connectivity index (χ1) is 13.5. The summed E-state index contributed by atoms with van der Waals surface area (Å²) in [7, 11) is 0. The van der Waals surface area contributed by atoms with E-state index in [1.165, 1.54) is 12.3 Å². The number of benzene rings is 2. The van der Waals surface area contributed by atoms with Gasteiger partial charge in [-0.25, -0.2) is 4.68 Å². The van der Waals surface area contributed by atoms with Crippen molar-refractivity contribution in [2.24, 2.45) is 5.10 Å². The highest BCUT2D eigenvalue weighted by Crippen LogP contribution is 2.23. The minimum atomic E-state index is -0.491. The van der Waals surface area contributed by atoms with Gasteiger partial charge in [-0.3, -0.25) is 15.5 Å². The van der Waals surface area contributed by atoms with Crippen molar-refractivity contribution in [3.8, 4) is 5.69 Å². The van der Waals surface area contributed by atoms with Crippen LogP contribution in [0, 0.1) is 17.0 Å². The molecule has 0 bridgehead atoms. The van der Waals surface area contributed by atoms with Gasteiger partial charge in [0.1, 0.15) is 10.8 Å². The normalized spacial score (nSPS) is 10.8. The zero-order valence-corrected chi connectivity index (χ0v) is 16.2. The van der Waals surface area contributed by atoms with Gasteiger partial charge >= 0.3 is 0 Å². The summed E-state index contributed by atoms with van der Waals surface area (Å²) in [5.41, 5.74) is 4.96. The van der Waals surface area contributed by atoms with Gasteiger partial charge in [0.25, 0.3) is 5.69 Å². The molecule has 0 aliphatic carbocycles. The first-order valence-corrected chi connectivity index (χ1v) is 8.90. The Kier molecular flexibility index (Phi) is 5.97. The molecule has 0 saturated carbocycles. The van der Waals surface area contributed by atoms with Gasteiger partial charge in [0.2, 0.25) is 0 Å². The molecule has 0 spiro atoms. The summed E-state index contributed by atoms with van der Waals surface area (Å²) in [6.45, 7) is 1.82. The fraction of sp³-hybridized carbons (Fsp3) is 0.0556. The lowest BCUT2D eigenvalue weighted by Crippen LogP contribution is -2.24. The maximum atomic E-state index is 11.0. The quantitative estimate of drug-likeness (QED) is 0.283. The highest BCUT2D eigenvalue weighted by Gasteiger charge is 2.14. The summed E-state index contributed by atoms with van der Waals surface area (Å²) >= 11 is 11.6. The average Bonchev–Trinajstić information content (AvgIpc) is 2.97. The Hall–Kier alpha value is -3.30. The third kappa shape index (κ3) is 4.33. The lowest BCUT2D eigenvalue weighted by molar-refractivity contribution is -0.383. The van der Waals surface area contributed by atoms with E-state index in [4.69, 9.17) is 23.8 Å². The number of nitro groups is 1. The van der Waals surface area contributed by atoms with Crippen molar-refractivity contribution < 1.29 is 4.92 Å². The average molecular weight is 415 g/mol. The highest BCUT2D eigenvalue weighted by atomic mass is 35.5. The summed E-state index contributed by atoms with van der Waals surface area (Å²) in [6.07, 6.45) is 1.50. The smallest absolute Gasteiger partial charge is 0.292 e. The van der Waals surface area contributed by atoms with Crippen LogP contribution in [0.1, 0.15) is 11.3 Å². The molecule has 28 heavy (non-hydrogen) atoms. The molecule has 0 saturated heterocycles. The van der Waals surface area contributed by atoms with Gasteiger partial charge in [0.15, 0.2) is 5.11 Å². The topological polar surface area (TPSA) is 97.4 Å². The van der Waals surface area contributed by atoms with Crippen molar-refractivity contribution >= 4 is 46.5 Å². The maximum Gasteiger partial charge on any atom is 0.292 e. The number of aromatic nitrogens is 2. The number of rotatable bonds is 5. The van der Waals surface area contributed by atoms with E-state index in [0.717, 1.165) is 5.69 Å². The van der Waals surface area contributed by atoms with Crippen LogP contribution in [0.2, 0.25) is 5.15 Å². The van der Waals surface area contributed by atoms with Gasteiger partial charge in [0.05, 0.1) is 28.1 Å². The number of thiocarbonyl (C=S) groups is 1. The Labute approximate surface area is 171 Å². The Morgan fingerprint density at radius 1 is 1.25 bits per heavy atom. The van der Waals surface area contributed by atoms with E-state index in [9.17, 15) is 10.1 Å². The van der Waals surface area contributed by atoms with E-state index in [1.54, 1.807) is 22.9 Å². The van der Waals surface area contributed by atoms with Crippen LogP contribution in [0.5, 0.6) is 0 Å². The molecule has 3 aromatic rings. The van der Waals surface area contributed by atoms with Crippen LogP contribution in [0.25, 0.3) is 5.69 Å². The molecule has 0 radical (unpaired) electrons. The van der Waals surface area contributed by atoms with Crippen LogP contribution in [0.15, 0.2) is 59.7 Å². The molecule has 10 heteroatoms. The predicted molar refractivity (Wildman–Crippen MR) is 113 cm³/mol. The van der Waals surface area contributed by atoms with Crippen molar-refractivity contribution in [2.75, 3.05) is 5.32 Å². The Balaban J connectivity index is 1.71. The third-order valence-corrected chi connectivity index (χ3v) is 4.31. The minimum Gasteiger partial charge on any atom is -0.326 e. The predicted octanol–water partition coefficient (Wildman–Crippen LogP) is 4.06. The molecule has 0 aliphatic rings. The van der Waals surface area contributed by atoms with Crippen molar-refractivity contribution in [2.45, 2.75) is 6.92 Å². The maximum absolute atomic E-state index is 11.0. The fourth-order valence-corrected chi connectivity index (χ4v) is 2.93. The Morgan fingerprint density at radius 2 is 1.93 bits per heavy atom. The zero-order chi connectivity index (χ0) is 20.1. The number of hydrazone groups is 1. The molecule has 8 nitrogen and oxygen atoms in total. The van der Waals surface area contributed by atoms with Crippen molar-refractivity contribution in [3.63, 3.8) is 0 Å². The van der Waals surface area contributed by atoms with Crippen LogP contribution >= 0.6 is 23.8 Å². The van der Waals surface area contributed by atoms with Gasteiger partial charge in [-0.05, 0) is 37.3 Å². The third-order valence-electron chi connectivity index (χ3n) is 3.76. The van der Waals surface area contributed by atoms with Crippen molar-refractivity contribution in [1.82, 2.24) is 15.2 Å². The van der Waals surface area contributed by atoms with Gasteiger partial charge in [-0.2, -0.15) is 10.2 Å². The van der Waals surface area contributed by atoms with Gasteiger partial charge in [0, 0.05) is 6.07 Å². The molecular weight excluding hydrogens is 400 g/mol. The molecule has 2 N–H and O–H groups in total. The van der Waals surface area contributed by atoms with E-state index in [2.05, 4.69) is 20.9 Å². The Bertz CT molecular complexity index is 1050. The number of halogens is 1. The molecule has 1 heterocycles. The number of anilines is 1. The van der Waals surface area contributed by atoms with E-state index in [-0.39, 0.29) is 16.5 Å². The standard InChI is InChI=1S/C18H15ClN6O2S/c1-12-14(17(19)24(23-12)13-7-3-2-4-8-13)11-20-22-18(28)21-15-9-5-6-10-16(15)25(26)27/h2-11H,1H3,(H2,21,22,28). The molecule has 0 amide bonds. The second-order valence-electron chi connectivity index (χ2n) is 5.64. The molecule has 2 aromatic carbocycles. The van der Waals surface area contributed by atoms with Crippen LogP contribution in [0.3, 0.4) is 0 Å². The molecule has 1 aromatic heterocycles. The van der Waals surface area contributed by atoms with E-state index < -0.39 is 4.92 Å². The van der Waals surface area contributed by atoms with Crippen molar-refractivity contribution in [1.29, 1.82) is 0 Å². The van der Waals surface area contributed by atoms with Crippen LogP contribution < -0.4 is 10.7 Å². The van der Waals surface area contributed by atoms with Gasteiger partial charge < -0.3 is 5.32 Å². The number of nitro benzene ring substituents is 1. The van der Waals surface area contributed by atoms with Crippen LogP contribution in [-0.2, 0) is 0 Å². The van der Waals surface area contributed by atoms with Gasteiger partial charge in [-0.1, -0.05) is 41.9 Å². The molecule has 0 fully saturated rings. The summed E-state index contributed by atoms with van der Waals surface area (Å²) in [4.78, 5) is 10.6. The molecule has 0 aliphatic heterocycles. The number of nitrogens with zero attached hydrogens (tertiary/aromatic N) is 4. The SMILES string of the molecule is Cc1nn(-c2ccccc2)c(Cl)c1C=NNC(=S)Nc1ccccc1[N+](=O)[O-].